The Bertz CT molecular complexity index is 865. The first-order chi connectivity index (χ1) is 11.6. The van der Waals surface area contributed by atoms with E-state index in [0.29, 0.717) is 32.1 Å². The van der Waals surface area contributed by atoms with Crippen molar-refractivity contribution in [3.05, 3.63) is 58.0 Å². The van der Waals surface area contributed by atoms with Crippen molar-refractivity contribution in [2.24, 2.45) is 4.99 Å². The van der Waals surface area contributed by atoms with Gasteiger partial charge in [-0.1, -0.05) is 23.7 Å². The topological polar surface area (TPSA) is 70.9 Å². The zero-order chi connectivity index (χ0) is 17.1. The third kappa shape index (κ3) is 3.55. The molecule has 0 bridgehead atoms. The number of amidine groups is 1. The molecule has 0 aromatic heterocycles. The molecule has 2 aromatic rings. The summed E-state index contributed by atoms with van der Waals surface area (Å²) in [7, 11) is 1.54. The number of aliphatic imine (C=N–C) groups is 1. The zero-order valence-electron chi connectivity index (χ0n) is 12.6. The first-order valence-electron chi connectivity index (χ1n) is 6.98. The van der Waals surface area contributed by atoms with E-state index in [1.54, 1.807) is 30.3 Å². The number of carbonyl (C=O) groups excluding carboxylic acids is 1. The Labute approximate surface area is 148 Å². The van der Waals surface area contributed by atoms with E-state index in [0.717, 1.165) is 0 Å². The van der Waals surface area contributed by atoms with E-state index in [-0.39, 0.29) is 11.7 Å². The van der Waals surface area contributed by atoms with E-state index in [4.69, 9.17) is 16.3 Å². The van der Waals surface area contributed by atoms with Crippen LogP contribution in [0, 0.1) is 0 Å². The van der Waals surface area contributed by atoms with Gasteiger partial charge in [0.25, 0.3) is 5.91 Å². The van der Waals surface area contributed by atoms with Crippen molar-refractivity contribution >= 4 is 46.2 Å². The summed E-state index contributed by atoms with van der Waals surface area (Å²) in [6.45, 7) is 0. The number of rotatable bonds is 3. The number of aromatic hydroxyl groups is 1. The van der Waals surface area contributed by atoms with Gasteiger partial charge in [-0.05, 0) is 48.2 Å². The standard InChI is InChI=1S/C17H13ClN2O3S/c1-23-11-6-7-14(21)10(8-11)9-15-16(22)20-17(24-15)19-13-5-3-2-4-12(13)18/h2-9,21H,1H3,(H,19,20,22)/b15-9+. The zero-order valence-corrected chi connectivity index (χ0v) is 14.2. The smallest absolute Gasteiger partial charge is 0.264 e. The molecule has 24 heavy (non-hydrogen) atoms. The van der Waals surface area contributed by atoms with Gasteiger partial charge < -0.3 is 15.2 Å². The van der Waals surface area contributed by atoms with Crippen LogP contribution in [0.1, 0.15) is 5.56 Å². The van der Waals surface area contributed by atoms with Gasteiger partial charge in [0.2, 0.25) is 0 Å². The fourth-order valence-corrected chi connectivity index (χ4v) is 3.05. The van der Waals surface area contributed by atoms with Crippen LogP contribution in [0.15, 0.2) is 52.4 Å². The molecule has 1 heterocycles. The van der Waals surface area contributed by atoms with E-state index in [1.807, 2.05) is 12.1 Å². The lowest BCUT2D eigenvalue weighted by atomic mass is 10.1. The van der Waals surface area contributed by atoms with Gasteiger partial charge in [-0.3, -0.25) is 4.79 Å². The van der Waals surface area contributed by atoms with Crippen molar-refractivity contribution in [3.63, 3.8) is 0 Å². The average molecular weight is 361 g/mol. The summed E-state index contributed by atoms with van der Waals surface area (Å²) >= 11 is 7.25. The first-order valence-corrected chi connectivity index (χ1v) is 8.17. The van der Waals surface area contributed by atoms with E-state index in [9.17, 15) is 9.90 Å². The van der Waals surface area contributed by atoms with Gasteiger partial charge in [0, 0.05) is 5.56 Å². The Kier molecular flexibility index (Phi) is 4.78. The van der Waals surface area contributed by atoms with Crippen molar-refractivity contribution in [3.8, 4) is 11.5 Å². The predicted octanol–water partition coefficient (Wildman–Crippen LogP) is 3.95. The molecule has 2 aromatic carbocycles. The monoisotopic (exact) mass is 360 g/mol. The van der Waals surface area contributed by atoms with Crippen molar-refractivity contribution in [2.75, 3.05) is 7.11 Å². The van der Waals surface area contributed by atoms with Crippen LogP contribution in [0.25, 0.3) is 6.08 Å². The molecule has 0 radical (unpaired) electrons. The maximum absolute atomic E-state index is 12.1. The number of methoxy groups -OCH3 is 1. The molecular formula is C17H13ClN2O3S. The van der Waals surface area contributed by atoms with E-state index < -0.39 is 0 Å². The number of nitrogens with one attached hydrogen (secondary N) is 1. The van der Waals surface area contributed by atoms with Crippen molar-refractivity contribution in [2.45, 2.75) is 0 Å². The Morgan fingerprint density at radius 3 is 2.83 bits per heavy atom. The highest BCUT2D eigenvalue weighted by atomic mass is 35.5. The Morgan fingerprint density at radius 1 is 1.29 bits per heavy atom. The van der Waals surface area contributed by atoms with Gasteiger partial charge in [-0.25, -0.2) is 4.99 Å². The lowest BCUT2D eigenvalue weighted by Crippen LogP contribution is -2.19. The molecule has 1 saturated heterocycles. The summed E-state index contributed by atoms with van der Waals surface area (Å²) < 4.78 is 5.13. The molecule has 0 aliphatic carbocycles. The minimum atomic E-state index is -0.284. The first kappa shape index (κ1) is 16.4. The number of benzene rings is 2. The number of carbonyl (C=O) groups is 1. The summed E-state index contributed by atoms with van der Waals surface area (Å²) in [6, 6.07) is 11.9. The number of phenolic OH excluding ortho intramolecular Hbond substituents is 1. The third-order valence-electron chi connectivity index (χ3n) is 3.25. The van der Waals surface area contributed by atoms with Crippen LogP contribution in [0.2, 0.25) is 5.02 Å². The van der Waals surface area contributed by atoms with Gasteiger partial charge in [0.1, 0.15) is 11.5 Å². The number of hydrogen-bond donors (Lipinski definition) is 2. The third-order valence-corrected chi connectivity index (χ3v) is 4.48. The average Bonchev–Trinajstić information content (AvgIpc) is 2.91. The van der Waals surface area contributed by atoms with Crippen LogP contribution in [0.5, 0.6) is 11.5 Å². The molecule has 1 fully saturated rings. The predicted molar refractivity (Wildman–Crippen MR) is 96.9 cm³/mol. The molecule has 1 amide bonds. The fourth-order valence-electron chi connectivity index (χ4n) is 2.05. The maximum atomic E-state index is 12.1. The van der Waals surface area contributed by atoms with Gasteiger partial charge in [-0.2, -0.15) is 0 Å². The Balaban J connectivity index is 1.89. The minimum absolute atomic E-state index is 0.0631. The molecule has 2 N–H and O–H groups in total. The van der Waals surface area contributed by atoms with E-state index in [1.165, 1.54) is 24.9 Å². The fraction of sp³-hybridized carbons (Fsp3) is 0.0588. The molecule has 0 atom stereocenters. The molecule has 0 spiro atoms. The highest BCUT2D eigenvalue weighted by Gasteiger charge is 2.24. The lowest BCUT2D eigenvalue weighted by molar-refractivity contribution is -0.115. The van der Waals surface area contributed by atoms with Gasteiger partial charge in [-0.15, -0.1) is 0 Å². The van der Waals surface area contributed by atoms with E-state index in [2.05, 4.69) is 10.3 Å². The van der Waals surface area contributed by atoms with Gasteiger partial charge in [0.05, 0.1) is 22.7 Å². The van der Waals surface area contributed by atoms with Crippen LogP contribution >= 0.6 is 23.4 Å². The molecule has 1 aliphatic heterocycles. The van der Waals surface area contributed by atoms with Crippen LogP contribution < -0.4 is 10.1 Å². The Morgan fingerprint density at radius 2 is 2.08 bits per heavy atom. The molecular weight excluding hydrogens is 348 g/mol. The minimum Gasteiger partial charge on any atom is -0.507 e. The normalized spacial score (nSPS) is 17.3. The van der Waals surface area contributed by atoms with Crippen molar-refractivity contribution in [1.29, 1.82) is 0 Å². The molecule has 5 nitrogen and oxygen atoms in total. The number of amides is 1. The van der Waals surface area contributed by atoms with Gasteiger partial charge >= 0.3 is 0 Å². The second kappa shape index (κ2) is 6.98. The molecule has 7 heteroatoms. The SMILES string of the molecule is COc1ccc(O)c(/C=C2/SC(=Nc3ccccc3Cl)NC2=O)c1. The van der Waals surface area contributed by atoms with Gasteiger partial charge in [0.15, 0.2) is 5.17 Å². The summed E-state index contributed by atoms with van der Waals surface area (Å²) in [4.78, 5) is 16.9. The van der Waals surface area contributed by atoms with Crippen molar-refractivity contribution in [1.82, 2.24) is 5.32 Å². The summed E-state index contributed by atoms with van der Waals surface area (Å²) in [5, 5.41) is 13.5. The number of thioether (sulfide) groups is 1. The maximum Gasteiger partial charge on any atom is 0.264 e. The molecule has 0 saturated carbocycles. The molecule has 0 unspecified atom stereocenters. The Hall–Kier alpha value is -2.44. The summed E-state index contributed by atoms with van der Waals surface area (Å²) in [6.07, 6.45) is 1.59. The second-order valence-corrected chi connectivity index (χ2v) is 6.30. The number of halogens is 1. The van der Waals surface area contributed by atoms with Crippen LogP contribution in [-0.2, 0) is 4.79 Å². The second-order valence-electron chi connectivity index (χ2n) is 4.86. The van der Waals surface area contributed by atoms with Crippen LogP contribution in [0.3, 0.4) is 0 Å². The van der Waals surface area contributed by atoms with E-state index >= 15 is 0 Å². The largest absolute Gasteiger partial charge is 0.507 e. The van der Waals surface area contributed by atoms with Crippen LogP contribution in [-0.4, -0.2) is 23.3 Å². The van der Waals surface area contributed by atoms with Crippen molar-refractivity contribution < 1.29 is 14.6 Å². The molecule has 122 valence electrons. The summed E-state index contributed by atoms with van der Waals surface area (Å²) in [5.74, 6) is 0.370. The lowest BCUT2D eigenvalue weighted by Gasteiger charge is -2.03. The summed E-state index contributed by atoms with van der Waals surface area (Å²) in [5.41, 5.74) is 1.07. The number of ether oxygens (including phenoxy) is 1. The van der Waals surface area contributed by atoms with Crippen LogP contribution in [0.4, 0.5) is 5.69 Å². The molecule has 3 rings (SSSR count). The molecule has 1 aliphatic rings. The quantitative estimate of drug-likeness (QED) is 0.813. The number of phenols is 1. The number of para-hydroxylation sites is 1. The number of hydrogen-bond acceptors (Lipinski definition) is 5. The highest BCUT2D eigenvalue weighted by molar-refractivity contribution is 8.18. The highest BCUT2D eigenvalue weighted by Crippen LogP contribution is 2.33. The number of nitrogens with zero attached hydrogens (tertiary/aromatic N) is 1.